The van der Waals surface area contributed by atoms with Gasteiger partial charge in [0.2, 0.25) is 0 Å². The van der Waals surface area contributed by atoms with Crippen LogP contribution in [-0.2, 0) is 13.6 Å². The lowest BCUT2D eigenvalue weighted by molar-refractivity contribution is 0.355. The number of hydrogen-bond acceptors (Lipinski definition) is 3. The van der Waals surface area contributed by atoms with Crippen molar-refractivity contribution >= 4 is 11.6 Å². The summed E-state index contributed by atoms with van der Waals surface area (Å²) in [6.45, 7) is 0.691. The maximum Gasteiger partial charge on any atom is 0.195 e. The van der Waals surface area contributed by atoms with Crippen molar-refractivity contribution in [1.29, 1.82) is 0 Å². The fraction of sp³-hybridized carbons (Fsp3) is 0.312. The molecule has 0 radical (unpaired) electrons. The molecule has 6 nitrogen and oxygen atoms in total. The smallest absolute Gasteiger partial charge is 0.195 e. The van der Waals surface area contributed by atoms with Gasteiger partial charge in [-0.05, 0) is 24.3 Å². The quantitative estimate of drug-likeness (QED) is 0.657. The van der Waals surface area contributed by atoms with E-state index in [1.165, 1.54) is 5.69 Å². The lowest BCUT2D eigenvalue weighted by atomic mass is 10.2. The predicted octanol–water partition coefficient (Wildman–Crippen LogP) is 2.23. The molecule has 0 atom stereocenters. The first kappa shape index (κ1) is 15.8. The summed E-state index contributed by atoms with van der Waals surface area (Å²) >= 11 is 0. The van der Waals surface area contributed by atoms with Crippen molar-refractivity contribution in [2.45, 2.75) is 6.54 Å². The van der Waals surface area contributed by atoms with Gasteiger partial charge in [-0.3, -0.25) is 4.99 Å². The van der Waals surface area contributed by atoms with Gasteiger partial charge in [0.15, 0.2) is 17.5 Å². The number of aryl methyl sites for hydroxylation is 1. The van der Waals surface area contributed by atoms with Gasteiger partial charge in [0.05, 0.1) is 20.8 Å². The zero-order chi connectivity index (χ0) is 15.9. The summed E-state index contributed by atoms with van der Waals surface area (Å²) in [6.07, 6.45) is 2.02. The van der Waals surface area contributed by atoms with Gasteiger partial charge in [-0.1, -0.05) is 0 Å². The van der Waals surface area contributed by atoms with Crippen molar-refractivity contribution in [3.8, 4) is 11.5 Å². The molecule has 1 heterocycles. The molecule has 22 heavy (non-hydrogen) atoms. The third-order valence-electron chi connectivity index (χ3n) is 3.36. The van der Waals surface area contributed by atoms with Gasteiger partial charge in [0.25, 0.3) is 0 Å². The Kier molecular flexibility index (Phi) is 5.30. The second kappa shape index (κ2) is 7.40. The van der Waals surface area contributed by atoms with Crippen LogP contribution < -0.4 is 20.1 Å². The van der Waals surface area contributed by atoms with Gasteiger partial charge in [0.1, 0.15) is 0 Å². The Morgan fingerprint density at radius 2 is 1.95 bits per heavy atom. The van der Waals surface area contributed by atoms with Crippen molar-refractivity contribution in [2.75, 3.05) is 26.6 Å². The Labute approximate surface area is 130 Å². The van der Waals surface area contributed by atoms with Crippen LogP contribution in [0.3, 0.4) is 0 Å². The number of methoxy groups -OCH3 is 2. The van der Waals surface area contributed by atoms with Crippen molar-refractivity contribution in [2.24, 2.45) is 12.0 Å². The first-order valence-electron chi connectivity index (χ1n) is 6.98. The Hall–Kier alpha value is -2.63. The number of nitrogens with one attached hydrogen (secondary N) is 2. The fourth-order valence-corrected chi connectivity index (χ4v) is 2.08. The predicted molar refractivity (Wildman–Crippen MR) is 88.8 cm³/mol. The molecule has 118 valence electrons. The van der Waals surface area contributed by atoms with Crippen LogP contribution in [0.1, 0.15) is 5.69 Å². The number of hydrogen-bond donors (Lipinski definition) is 2. The monoisotopic (exact) mass is 302 g/mol. The summed E-state index contributed by atoms with van der Waals surface area (Å²) in [6, 6.07) is 9.72. The molecule has 0 saturated carbocycles. The molecule has 0 aliphatic carbocycles. The number of aromatic nitrogens is 1. The van der Waals surface area contributed by atoms with Crippen molar-refractivity contribution < 1.29 is 9.47 Å². The zero-order valence-electron chi connectivity index (χ0n) is 13.4. The lowest BCUT2D eigenvalue weighted by Gasteiger charge is -2.14. The SMILES string of the molecule is CN=C(NCc1cccn1C)Nc1ccc(OC)c(OC)c1. The summed E-state index contributed by atoms with van der Waals surface area (Å²) < 4.78 is 12.6. The Morgan fingerprint density at radius 1 is 1.18 bits per heavy atom. The average Bonchev–Trinajstić information content (AvgIpc) is 2.96. The van der Waals surface area contributed by atoms with E-state index in [1.807, 2.05) is 37.5 Å². The van der Waals surface area contributed by atoms with Gasteiger partial charge in [-0.2, -0.15) is 0 Å². The van der Waals surface area contributed by atoms with E-state index in [0.29, 0.717) is 24.0 Å². The van der Waals surface area contributed by atoms with E-state index in [4.69, 9.17) is 9.47 Å². The van der Waals surface area contributed by atoms with Crippen LogP contribution in [0, 0.1) is 0 Å². The van der Waals surface area contributed by atoms with E-state index in [9.17, 15) is 0 Å². The highest BCUT2D eigenvalue weighted by Gasteiger charge is 2.06. The zero-order valence-corrected chi connectivity index (χ0v) is 13.4. The number of benzene rings is 1. The minimum atomic E-state index is 0.672. The molecule has 0 unspecified atom stereocenters. The molecule has 2 rings (SSSR count). The Morgan fingerprint density at radius 3 is 2.55 bits per heavy atom. The molecule has 0 aliphatic rings. The topological polar surface area (TPSA) is 59.8 Å². The van der Waals surface area contributed by atoms with Gasteiger partial charge in [-0.25, -0.2) is 0 Å². The third kappa shape index (κ3) is 3.72. The minimum Gasteiger partial charge on any atom is -0.493 e. The standard InChI is InChI=1S/C16H22N4O2/c1-17-16(18-11-13-6-5-9-20(13)2)19-12-7-8-14(21-3)15(10-12)22-4/h5-10H,11H2,1-4H3,(H2,17,18,19). The number of aliphatic imine (C=N–C) groups is 1. The first-order chi connectivity index (χ1) is 10.7. The summed E-state index contributed by atoms with van der Waals surface area (Å²) in [5.41, 5.74) is 2.05. The van der Waals surface area contributed by atoms with Crippen molar-refractivity contribution in [3.05, 3.63) is 42.2 Å². The normalized spacial score (nSPS) is 11.2. The molecular weight excluding hydrogens is 280 g/mol. The van der Waals surface area contributed by atoms with Crippen LogP contribution in [0.4, 0.5) is 5.69 Å². The lowest BCUT2D eigenvalue weighted by Crippen LogP contribution is -2.30. The summed E-state index contributed by atoms with van der Waals surface area (Å²) in [4.78, 5) is 4.22. The molecule has 6 heteroatoms. The van der Waals surface area contributed by atoms with E-state index >= 15 is 0 Å². The molecule has 0 aliphatic heterocycles. The van der Waals surface area contributed by atoms with Crippen LogP contribution in [0.5, 0.6) is 11.5 Å². The molecule has 0 spiro atoms. The summed E-state index contributed by atoms with van der Waals surface area (Å²) in [5.74, 6) is 2.05. The third-order valence-corrected chi connectivity index (χ3v) is 3.36. The molecule has 1 aromatic heterocycles. The number of anilines is 1. The number of ether oxygens (including phenoxy) is 2. The minimum absolute atomic E-state index is 0.672. The Balaban J connectivity index is 2.03. The fourth-order valence-electron chi connectivity index (χ4n) is 2.08. The van der Waals surface area contributed by atoms with E-state index in [2.05, 4.69) is 26.3 Å². The highest BCUT2D eigenvalue weighted by atomic mass is 16.5. The van der Waals surface area contributed by atoms with Crippen molar-refractivity contribution in [3.63, 3.8) is 0 Å². The summed E-state index contributed by atoms with van der Waals surface area (Å²) in [7, 11) is 6.98. The highest BCUT2D eigenvalue weighted by molar-refractivity contribution is 5.93. The maximum absolute atomic E-state index is 5.30. The summed E-state index contributed by atoms with van der Waals surface area (Å²) in [5, 5.41) is 6.50. The van der Waals surface area contributed by atoms with Crippen LogP contribution in [0.25, 0.3) is 0 Å². The largest absolute Gasteiger partial charge is 0.493 e. The van der Waals surface area contributed by atoms with Crippen molar-refractivity contribution in [1.82, 2.24) is 9.88 Å². The maximum atomic E-state index is 5.30. The first-order valence-corrected chi connectivity index (χ1v) is 6.98. The molecule has 0 amide bonds. The molecule has 2 aromatic rings. The average molecular weight is 302 g/mol. The number of rotatable bonds is 5. The molecule has 2 N–H and O–H groups in total. The molecular formula is C16H22N4O2. The molecule has 0 fully saturated rings. The van der Waals surface area contributed by atoms with E-state index in [-0.39, 0.29) is 0 Å². The van der Waals surface area contributed by atoms with Crippen LogP contribution in [0.15, 0.2) is 41.5 Å². The Bertz CT molecular complexity index is 649. The van der Waals surface area contributed by atoms with Gasteiger partial charge < -0.3 is 24.7 Å². The highest BCUT2D eigenvalue weighted by Crippen LogP contribution is 2.29. The van der Waals surface area contributed by atoms with Gasteiger partial charge in [0, 0.05) is 37.7 Å². The van der Waals surface area contributed by atoms with Crippen LogP contribution >= 0.6 is 0 Å². The van der Waals surface area contributed by atoms with Crippen LogP contribution in [-0.4, -0.2) is 31.8 Å². The number of guanidine groups is 1. The molecule has 1 aromatic carbocycles. The van der Waals surface area contributed by atoms with Gasteiger partial charge in [-0.15, -0.1) is 0 Å². The van der Waals surface area contributed by atoms with E-state index < -0.39 is 0 Å². The van der Waals surface area contributed by atoms with Crippen LogP contribution in [0.2, 0.25) is 0 Å². The molecule has 0 bridgehead atoms. The molecule has 0 saturated heterocycles. The van der Waals surface area contributed by atoms with E-state index in [0.717, 1.165) is 5.69 Å². The van der Waals surface area contributed by atoms with E-state index in [1.54, 1.807) is 21.3 Å². The second-order valence-corrected chi connectivity index (χ2v) is 4.73. The number of nitrogens with zero attached hydrogens (tertiary/aromatic N) is 2. The second-order valence-electron chi connectivity index (χ2n) is 4.73. The van der Waals surface area contributed by atoms with Gasteiger partial charge >= 0.3 is 0 Å².